The molecule has 2 aromatic rings. The Morgan fingerprint density at radius 2 is 1.56 bits per heavy atom. The van der Waals surface area contributed by atoms with Crippen molar-refractivity contribution >= 4 is 31.1 Å². The van der Waals surface area contributed by atoms with Gasteiger partial charge in [0.25, 0.3) is 0 Å². The molecule has 0 unspecified atom stereocenters. The molecule has 7 nitrogen and oxygen atoms in total. The van der Waals surface area contributed by atoms with Gasteiger partial charge < -0.3 is 8.86 Å². The molecule has 0 fully saturated rings. The number of alkyl halides is 3. The Balaban J connectivity index is 1.94. The summed E-state index contributed by atoms with van der Waals surface area (Å²) >= 11 is 0. The van der Waals surface area contributed by atoms with E-state index >= 15 is 0 Å². The molecule has 0 aliphatic carbocycles. The number of benzene rings is 2. The van der Waals surface area contributed by atoms with Crippen LogP contribution in [-0.4, -0.2) is 35.6 Å². The molecule has 0 radical (unpaired) electrons. The lowest BCUT2D eigenvalue weighted by Crippen LogP contribution is -2.25. The van der Waals surface area contributed by atoms with Crippen molar-refractivity contribution in [2.75, 3.05) is 13.2 Å². The number of rotatable bonds is 7. The van der Waals surface area contributed by atoms with Crippen LogP contribution in [0, 0.1) is 0 Å². The summed E-state index contributed by atoms with van der Waals surface area (Å²) in [5.74, 6) is 0.402. The lowest BCUT2D eigenvalue weighted by Gasteiger charge is -2.21. The van der Waals surface area contributed by atoms with E-state index < -0.39 is 32.4 Å². The second-order valence-corrected chi connectivity index (χ2v) is 7.67. The molecular formula is C13H11F3NO6S2-. The summed E-state index contributed by atoms with van der Waals surface area (Å²) < 4.78 is 91.2. The summed E-state index contributed by atoms with van der Waals surface area (Å²) in [7, 11) is -11.5. The molecule has 0 heterocycles. The SMILES string of the molecule is O=S(=O)([N-]S(=O)(=O)C(F)(F)F)OCCOc1cccc2ccccc12. The van der Waals surface area contributed by atoms with Crippen molar-refractivity contribution in [3.8, 4) is 5.75 Å². The molecule has 0 spiro atoms. The van der Waals surface area contributed by atoms with Gasteiger partial charge in [0.2, 0.25) is 10.3 Å². The predicted octanol–water partition coefficient (Wildman–Crippen LogP) is 2.70. The molecule has 0 aliphatic heterocycles. The van der Waals surface area contributed by atoms with Crippen molar-refractivity contribution < 1.29 is 38.9 Å². The first-order valence-electron chi connectivity index (χ1n) is 6.57. The summed E-state index contributed by atoms with van der Waals surface area (Å²) in [5, 5.41) is 1.59. The molecule has 138 valence electrons. The van der Waals surface area contributed by atoms with Gasteiger partial charge in [-0.25, -0.2) is 16.8 Å². The van der Waals surface area contributed by atoms with Crippen LogP contribution in [0.3, 0.4) is 0 Å². The molecule has 0 bridgehead atoms. The first-order chi connectivity index (χ1) is 11.5. The number of nitrogens with zero attached hydrogens (tertiary/aromatic N) is 1. The van der Waals surface area contributed by atoms with Crippen molar-refractivity contribution in [1.82, 2.24) is 0 Å². The van der Waals surface area contributed by atoms with Crippen molar-refractivity contribution in [2.24, 2.45) is 0 Å². The van der Waals surface area contributed by atoms with Gasteiger partial charge in [0.1, 0.15) is 12.4 Å². The smallest absolute Gasteiger partial charge is 0.480 e. The standard InChI is InChI=1S/C13H11F3NO6S2/c14-13(15,16)24(18,19)17-25(20,21)23-9-8-22-12-7-3-5-10-4-1-2-6-11(10)12/h1-7H,8-9H2/q-1. The highest BCUT2D eigenvalue weighted by Crippen LogP contribution is 2.30. The van der Waals surface area contributed by atoms with E-state index in [0.717, 1.165) is 10.8 Å². The Bertz CT molecular complexity index is 952. The van der Waals surface area contributed by atoms with Gasteiger partial charge in [0.05, 0.1) is 6.61 Å². The largest absolute Gasteiger partial charge is 0.490 e. The molecule has 0 saturated carbocycles. The Labute approximate surface area is 141 Å². The summed E-state index contributed by atoms with van der Waals surface area (Å²) in [4.78, 5) is 0. The number of hydrogen-bond donors (Lipinski definition) is 0. The zero-order valence-corrected chi connectivity index (χ0v) is 13.9. The van der Waals surface area contributed by atoms with Crippen molar-refractivity contribution in [2.45, 2.75) is 5.51 Å². The Morgan fingerprint density at radius 3 is 2.24 bits per heavy atom. The number of sulfonamides is 1. The summed E-state index contributed by atoms with van der Waals surface area (Å²) in [6.07, 6.45) is 0. The number of fused-ring (bicyclic) bond motifs is 1. The van der Waals surface area contributed by atoms with E-state index in [1.807, 2.05) is 18.2 Å². The molecule has 2 aromatic carbocycles. The first kappa shape index (κ1) is 19.4. The molecule has 0 saturated heterocycles. The number of halogens is 3. The fraction of sp³-hybridized carbons (Fsp3) is 0.231. The van der Waals surface area contributed by atoms with E-state index in [9.17, 15) is 30.0 Å². The van der Waals surface area contributed by atoms with Gasteiger partial charge >= 0.3 is 5.51 Å². The van der Waals surface area contributed by atoms with Crippen LogP contribution in [0.25, 0.3) is 14.9 Å². The van der Waals surface area contributed by atoms with Gasteiger partial charge in [-0.05, 0) is 11.5 Å². The average molecular weight is 398 g/mol. The van der Waals surface area contributed by atoms with Crippen LogP contribution in [0.1, 0.15) is 0 Å². The van der Waals surface area contributed by atoms with Crippen LogP contribution < -0.4 is 4.74 Å². The normalized spacial score (nSPS) is 13.1. The quantitative estimate of drug-likeness (QED) is 0.665. The van der Waals surface area contributed by atoms with Gasteiger partial charge in [-0.1, -0.05) is 36.4 Å². The fourth-order valence-corrected chi connectivity index (χ4v) is 3.55. The van der Waals surface area contributed by atoms with Crippen LogP contribution in [0.2, 0.25) is 0 Å². The molecule has 0 aromatic heterocycles. The minimum Gasteiger partial charge on any atom is -0.490 e. The van der Waals surface area contributed by atoms with Gasteiger partial charge in [-0.15, -0.1) is 0 Å². The maximum atomic E-state index is 12.1. The van der Waals surface area contributed by atoms with E-state index in [1.54, 1.807) is 28.4 Å². The van der Waals surface area contributed by atoms with E-state index in [1.165, 1.54) is 0 Å². The molecule has 0 atom stereocenters. The highest BCUT2D eigenvalue weighted by molar-refractivity contribution is 8.10. The molecule has 2 rings (SSSR count). The van der Waals surface area contributed by atoms with E-state index in [4.69, 9.17) is 4.74 Å². The van der Waals surface area contributed by atoms with E-state index in [2.05, 4.69) is 4.18 Å². The van der Waals surface area contributed by atoms with Gasteiger partial charge in [0.15, 0.2) is 10.0 Å². The van der Waals surface area contributed by atoms with Crippen LogP contribution in [0.15, 0.2) is 42.5 Å². The van der Waals surface area contributed by atoms with Crippen LogP contribution >= 0.6 is 0 Å². The minimum absolute atomic E-state index is 0.352. The third kappa shape index (κ3) is 5.04. The van der Waals surface area contributed by atoms with Crippen molar-refractivity contribution in [3.63, 3.8) is 0 Å². The highest BCUT2D eigenvalue weighted by atomic mass is 32.3. The maximum absolute atomic E-state index is 12.1. The second-order valence-electron chi connectivity index (χ2n) is 4.57. The zero-order valence-electron chi connectivity index (χ0n) is 12.3. The average Bonchev–Trinajstić information content (AvgIpc) is 2.49. The second kappa shape index (κ2) is 7.15. The van der Waals surface area contributed by atoms with Gasteiger partial charge in [-0.3, -0.25) is 4.18 Å². The minimum atomic E-state index is -6.20. The lowest BCUT2D eigenvalue weighted by molar-refractivity contribution is -0.0425. The molecule has 0 aliphatic rings. The third-order valence-corrected chi connectivity index (χ3v) is 5.37. The summed E-state index contributed by atoms with van der Waals surface area (Å²) in [6.45, 7) is -1.07. The van der Waals surface area contributed by atoms with Crippen LogP contribution in [-0.2, 0) is 24.5 Å². The van der Waals surface area contributed by atoms with E-state index in [0.29, 0.717) is 5.75 Å². The topological polar surface area (TPSA) is 101 Å². The molecule has 0 amide bonds. The number of ether oxygens (including phenoxy) is 1. The summed E-state index contributed by atoms with van der Waals surface area (Å²) in [5.41, 5.74) is -5.83. The molecule has 12 heteroatoms. The van der Waals surface area contributed by atoms with Gasteiger partial charge in [-0.2, -0.15) is 13.2 Å². The molecule has 0 N–H and O–H groups in total. The monoisotopic (exact) mass is 398 g/mol. The van der Waals surface area contributed by atoms with Crippen molar-refractivity contribution in [1.29, 1.82) is 0 Å². The van der Waals surface area contributed by atoms with Crippen LogP contribution in [0.5, 0.6) is 5.75 Å². The number of hydrogen-bond acceptors (Lipinski definition) is 6. The van der Waals surface area contributed by atoms with Gasteiger partial charge in [0, 0.05) is 5.39 Å². The van der Waals surface area contributed by atoms with E-state index in [-0.39, 0.29) is 6.61 Å². The van der Waals surface area contributed by atoms with Crippen LogP contribution in [0.4, 0.5) is 13.2 Å². The maximum Gasteiger partial charge on any atom is 0.480 e. The van der Waals surface area contributed by atoms with Crippen molar-refractivity contribution in [3.05, 3.63) is 46.6 Å². The first-order valence-corrected chi connectivity index (χ1v) is 9.38. The zero-order chi connectivity index (χ0) is 18.7. The Kier molecular flexibility index (Phi) is 5.56. The third-order valence-electron chi connectivity index (χ3n) is 2.80. The summed E-state index contributed by atoms with van der Waals surface area (Å²) in [6, 6.07) is 12.3. The lowest BCUT2D eigenvalue weighted by atomic mass is 10.1. The highest BCUT2D eigenvalue weighted by Gasteiger charge is 2.40. The molecular weight excluding hydrogens is 387 g/mol. The molecule has 25 heavy (non-hydrogen) atoms. The Morgan fingerprint density at radius 1 is 0.920 bits per heavy atom. The fourth-order valence-electron chi connectivity index (χ4n) is 1.80. The Hall–Kier alpha value is -1.89. The predicted molar refractivity (Wildman–Crippen MR) is 82.6 cm³/mol.